The summed E-state index contributed by atoms with van der Waals surface area (Å²) in [6.07, 6.45) is 3.96. The SMILES string of the molecule is CNCC1CCCCN1C(C)c1ccc(C)o1. The van der Waals surface area contributed by atoms with Gasteiger partial charge in [0.15, 0.2) is 0 Å². The smallest absolute Gasteiger partial charge is 0.121 e. The van der Waals surface area contributed by atoms with Crippen molar-refractivity contribution < 1.29 is 4.42 Å². The molecule has 2 atom stereocenters. The summed E-state index contributed by atoms with van der Waals surface area (Å²) in [4.78, 5) is 2.58. The van der Waals surface area contributed by atoms with Crippen LogP contribution in [0.2, 0.25) is 0 Å². The molecule has 1 aromatic rings. The Hall–Kier alpha value is -0.800. The molecule has 2 rings (SSSR count). The molecule has 17 heavy (non-hydrogen) atoms. The summed E-state index contributed by atoms with van der Waals surface area (Å²) in [6.45, 7) is 6.53. The van der Waals surface area contributed by atoms with Crippen molar-refractivity contribution in [3.05, 3.63) is 23.7 Å². The van der Waals surface area contributed by atoms with Gasteiger partial charge >= 0.3 is 0 Å². The van der Waals surface area contributed by atoms with E-state index < -0.39 is 0 Å². The van der Waals surface area contributed by atoms with Gasteiger partial charge in [-0.3, -0.25) is 4.90 Å². The minimum Gasteiger partial charge on any atom is -0.465 e. The average Bonchev–Trinajstić information content (AvgIpc) is 2.76. The largest absolute Gasteiger partial charge is 0.465 e. The van der Waals surface area contributed by atoms with Gasteiger partial charge in [-0.25, -0.2) is 0 Å². The number of nitrogens with zero attached hydrogens (tertiary/aromatic N) is 1. The number of piperidine rings is 1. The van der Waals surface area contributed by atoms with Gasteiger partial charge in [0.2, 0.25) is 0 Å². The van der Waals surface area contributed by atoms with E-state index in [1.54, 1.807) is 0 Å². The van der Waals surface area contributed by atoms with Gasteiger partial charge in [0, 0.05) is 12.6 Å². The summed E-state index contributed by atoms with van der Waals surface area (Å²) in [7, 11) is 2.04. The maximum Gasteiger partial charge on any atom is 0.121 e. The van der Waals surface area contributed by atoms with Crippen LogP contribution in [0.3, 0.4) is 0 Å². The van der Waals surface area contributed by atoms with Gasteiger partial charge in [0.25, 0.3) is 0 Å². The number of furan rings is 1. The van der Waals surface area contributed by atoms with Gasteiger partial charge in [-0.2, -0.15) is 0 Å². The lowest BCUT2D eigenvalue weighted by molar-refractivity contribution is 0.0910. The molecular formula is C14H24N2O. The topological polar surface area (TPSA) is 28.4 Å². The molecule has 0 aliphatic carbocycles. The van der Waals surface area contributed by atoms with E-state index in [9.17, 15) is 0 Å². The third-order valence-electron chi connectivity index (χ3n) is 3.78. The molecule has 2 unspecified atom stereocenters. The van der Waals surface area contributed by atoms with Crippen molar-refractivity contribution in [2.45, 2.75) is 45.2 Å². The molecule has 0 amide bonds. The van der Waals surface area contributed by atoms with Crippen LogP contribution in [0.25, 0.3) is 0 Å². The Kier molecular flexibility index (Phi) is 4.24. The van der Waals surface area contributed by atoms with Crippen LogP contribution in [0.4, 0.5) is 0 Å². The Morgan fingerprint density at radius 1 is 1.47 bits per heavy atom. The molecule has 1 aliphatic heterocycles. The first kappa shape index (κ1) is 12.7. The maximum atomic E-state index is 5.76. The summed E-state index contributed by atoms with van der Waals surface area (Å²) < 4.78 is 5.76. The van der Waals surface area contributed by atoms with Crippen LogP contribution in [0.5, 0.6) is 0 Å². The normalized spacial score (nSPS) is 23.8. The van der Waals surface area contributed by atoms with Crippen molar-refractivity contribution in [3.63, 3.8) is 0 Å². The van der Waals surface area contributed by atoms with E-state index >= 15 is 0 Å². The van der Waals surface area contributed by atoms with Gasteiger partial charge in [0.05, 0.1) is 6.04 Å². The Morgan fingerprint density at radius 3 is 2.94 bits per heavy atom. The second kappa shape index (κ2) is 5.69. The van der Waals surface area contributed by atoms with Crippen molar-refractivity contribution >= 4 is 0 Å². The molecule has 2 heterocycles. The highest BCUT2D eigenvalue weighted by molar-refractivity contribution is 5.09. The van der Waals surface area contributed by atoms with Crippen LogP contribution < -0.4 is 5.32 Å². The second-order valence-electron chi connectivity index (χ2n) is 5.07. The van der Waals surface area contributed by atoms with Crippen LogP contribution in [0, 0.1) is 6.92 Å². The van der Waals surface area contributed by atoms with Crippen molar-refractivity contribution in [3.8, 4) is 0 Å². The second-order valence-corrected chi connectivity index (χ2v) is 5.07. The average molecular weight is 236 g/mol. The number of rotatable bonds is 4. The molecule has 1 fully saturated rings. The molecule has 0 radical (unpaired) electrons. The molecule has 96 valence electrons. The molecule has 3 heteroatoms. The number of nitrogens with one attached hydrogen (secondary N) is 1. The number of aryl methyl sites for hydroxylation is 1. The van der Waals surface area contributed by atoms with Gasteiger partial charge < -0.3 is 9.73 Å². The number of likely N-dealkylation sites (N-methyl/N-ethyl adjacent to an activating group) is 1. The van der Waals surface area contributed by atoms with E-state index in [2.05, 4.69) is 29.3 Å². The van der Waals surface area contributed by atoms with Crippen molar-refractivity contribution in [2.24, 2.45) is 0 Å². The van der Waals surface area contributed by atoms with Crippen LogP contribution in [-0.2, 0) is 0 Å². The molecular weight excluding hydrogens is 212 g/mol. The van der Waals surface area contributed by atoms with E-state index in [1.165, 1.54) is 25.8 Å². The standard InChI is InChI=1S/C14H24N2O/c1-11-7-8-14(17-11)12(2)16-9-5-4-6-13(16)10-15-3/h7-8,12-13,15H,4-6,9-10H2,1-3H3. The van der Waals surface area contributed by atoms with E-state index in [0.717, 1.165) is 18.1 Å². The predicted molar refractivity (Wildman–Crippen MR) is 70.1 cm³/mol. The highest BCUT2D eigenvalue weighted by Crippen LogP contribution is 2.28. The predicted octanol–water partition coefficient (Wildman–Crippen LogP) is 2.72. The lowest BCUT2D eigenvalue weighted by Crippen LogP contribution is -2.45. The molecule has 0 spiro atoms. The Balaban J connectivity index is 2.07. The minimum absolute atomic E-state index is 0.391. The van der Waals surface area contributed by atoms with Gasteiger partial charge in [-0.05, 0) is 52.4 Å². The fourth-order valence-corrected chi connectivity index (χ4v) is 2.83. The van der Waals surface area contributed by atoms with Crippen LogP contribution >= 0.6 is 0 Å². The zero-order valence-corrected chi connectivity index (χ0v) is 11.2. The van der Waals surface area contributed by atoms with Gasteiger partial charge in [0.1, 0.15) is 11.5 Å². The van der Waals surface area contributed by atoms with Gasteiger partial charge in [-0.15, -0.1) is 0 Å². The zero-order valence-electron chi connectivity index (χ0n) is 11.2. The molecule has 1 N–H and O–H groups in total. The summed E-state index contributed by atoms with van der Waals surface area (Å²) >= 11 is 0. The third-order valence-corrected chi connectivity index (χ3v) is 3.78. The summed E-state index contributed by atoms with van der Waals surface area (Å²) in [5, 5.41) is 3.31. The van der Waals surface area contributed by atoms with Crippen molar-refractivity contribution in [2.75, 3.05) is 20.1 Å². The maximum absolute atomic E-state index is 5.76. The van der Waals surface area contributed by atoms with E-state index in [1.807, 2.05) is 14.0 Å². The number of likely N-dealkylation sites (tertiary alicyclic amines) is 1. The zero-order chi connectivity index (χ0) is 12.3. The lowest BCUT2D eigenvalue weighted by Gasteiger charge is -2.39. The highest BCUT2D eigenvalue weighted by atomic mass is 16.3. The first-order valence-electron chi connectivity index (χ1n) is 6.69. The lowest BCUT2D eigenvalue weighted by atomic mass is 9.99. The summed E-state index contributed by atoms with van der Waals surface area (Å²) in [5.41, 5.74) is 0. The molecule has 3 nitrogen and oxygen atoms in total. The molecule has 0 aromatic carbocycles. The van der Waals surface area contributed by atoms with E-state index in [0.29, 0.717) is 12.1 Å². The van der Waals surface area contributed by atoms with Crippen LogP contribution in [0.1, 0.15) is 43.7 Å². The summed E-state index contributed by atoms with van der Waals surface area (Å²) in [6, 6.07) is 5.21. The third kappa shape index (κ3) is 2.90. The Labute approximate surface area is 104 Å². The number of hydrogen-bond donors (Lipinski definition) is 1. The fraction of sp³-hybridized carbons (Fsp3) is 0.714. The monoisotopic (exact) mass is 236 g/mol. The van der Waals surface area contributed by atoms with E-state index in [-0.39, 0.29) is 0 Å². The molecule has 1 aliphatic rings. The van der Waals surface area contributed by atoms with E-state index in [4.69, 9.17) is 4.42 Å². The Morgan fingerprint density at radius 2 is 2.29 bits per heavy atom. The fourth-order valence-electron chi connectivity index (χ4n) is 2.83. The summed E-state index contributed by atoms with van der Waals surface area (Å²) in [5.74, 6) is 2.11. The van der Waals surface area contributed by atoms with Crippen molar-refractivity contribution in [1.29, 1.82) is 0 Å². The van der Waals surface area contributed by atoms with Gasteiger partial charge in [-0.1, -0.05) is 6.42 Å². The van der Waals surface area contributed by atoms with Crippen molar-refractivity contribution in [1.82, 2.24) is 10.2 Å². The molecule has 0 bridgehead atoms. The highest BCUT2D eigenvalue weighted by Gasteiger charge is 2.28. The molecule has 1 aromatic heterocycles. The Bertz CT molecular complexity index is 346. The first-order chi connectivity index (χ1) is 8.22. The van der Waals surface area contributed by atoms with Crippen LogP contribution in [0.15, 0.2) is 16.5 Å². The minimum atomic E-state index is 0.391. The van der Waals surface area contributed by atoms with Crippen LogP contribution in [-0.4, -0.2) is 31.1 Å². The molecule has 1 saturated heterocycles. The number of hydrogen-bond acceptors (Lipinski definition) is 3. The quantitative estimate of drug-likeness (QED) is 0.871. The molecule has 0 saturated carbocycles. The first-order valence-corrected chi connectivity index (χ1v) is 6.69.